The van der Waals surface area contributed by atoms with Crippen molar-refractivity contribution in [3.05, 3.63) is 82.8 Å². The summed E-state index contributed by atoms with van der Waals surface area (Å²) in [6, 6.07) is 13.4. The first-order valence-electron chi connectivity index (χ1n) is 10.1. The molecule has 0 radical (unpaired) electrons. The highest BCUT2D eigenvalue weighted by Gasteiger charge is 2.32. The van der Waals surface area contributed by atoms with Crippen molar-refractivity contribution in [2.24, 2.45) is 5.92 Å². The first-order chi connectivity index (χ1) is 15.9. The Hall–Kier alpha value is -2.44. The maximum absolute atomic E-state index is 13.6. The van der Waals surface area contributed by atoms with E-state index in [1.807, 2.05) is 0 Å². The molecule has 34 heavy (non-hydrogen) atoms. The van der Waals surface area contributed by atoms with Gasteiger partial charge >= 0.3 is 0 Å². The van der Waals surface area contributed by atoms with Gasteiger partial charge in [-0.15, -0.1) is 0 Å². The normalized spacial score (nSPS) is 17.1. The summed E-state index contributed by atoms with van der Waals surface area (Å²) in [7, 11) is -11.9. The van der Waals surface area contributed by atoms with Crippen LogP contribution in [0.3, 0.4) is 0 Å². The quantitative estimate of drug-likeness (QED) is 0.491. The Bertz CT molecular complexity index is 1650. The van der Waals surface area contributed by atoms with Crippen molar-refractivity contribution in [3.8, 4) is 0 Å². The van der Waals surface area contributed by atoms with Crippen LogP contribution in [0.2, 0.25) is 5.02 Å². The number of rotatable bonds is 7. The number of sulfonamides is 1. The maximum Gasteiger partial charge on any atom is 0.269 e. The smallest absolute Gasteiger partial charge is 0.222 e. The van der Waals surface area contributed by atoms with E-state index in [2.05, 4.69) is 4.72 Å². The van der Waals surface area contributed by atoms with Crippen LogP contribution in [0.15, 0.2) is 87.7 Å². The number of fused-ring (bicyclic) bond motifs is 1. The van der Waals surface area contributed by atoms with Gasteiger partial charge in [0.2, 0.25) is 19.9 Å². The summed E-state index contributed by atoms with van der Waals surface area (Å²) in [5.41, 5.74) is 0.219. The predicted molar refractivity (Wildman–Crippen MR) is 131 cm³/mol. The van der Waals surface area contributed by atoms with E-state index in [0.29, 0.717) is 5.39 Å². The molecule has 1 aromatic heterocycles. The van der Waals surface area contributed by atoms with E-state index in [0.717, 1.165) is 10.2 Å². The standard InChI is InChI=1S/C22H21ClN2O6S3/c1-32(26,27)24-15-16-9-11-19(12-10-16)33(28,29)22-13-17-5-2-3-8-21(17)25(22)34(30,31)20-7-4-6-18(23)14-20/h2-9,11-14,16,24H,10,15H2,1H3. The second-order valence-corrected chi connectivity index (χ2v) is 13.8. The monoisotopic (exact) mass is 540 g/mol. The van der Waals surface area contributed by atoms with Gasteiger partial charge in [-0.3, -0.25) is 0 Å². The average Bonchev–Trinajstić information content (AvgIpc) is 3.19. The van der Waals surface area contributed by atoms with Gasteiger partial charge in [-0.25, -0.2) is 33.9 Å². The van der Waals surface area contributed by atoms with Crippen molar-refractivity contribution in [2.45, 2.75) is 16.3 Å². The summed E-state index contributed by atoms with van der Waals surface area (Å²) in [4.78, 5) is -0.202. The number of nitrogens with one attached hydrogen (secondary N) is 1. The largest absolute Gasteiger partial charge is 0.269 e. The Morgan fingerprint density at radius 3 is 2.38 bits per heavy atom. The number of nitrogens with zero attached hydrogens (tertiary/aromatic N) is 1. The highest BCUT2D eigenvalue weighted by Crippen LogP contribution is 2.33. The molecule has 4 rings (SSSR count). The summed E-state index contributed by atoms with van der Waals surface area (Å²) < 4.78 is 80.2. The topological polar surface area (TPSA) is 119 Å². The molecule has 1 aliphatic carbocycles. The fourth-order valence-corrected chi connectivity index (χ4v) is 7.87. The third kappa shape index (κ3) is 4.84. The molecule has 3 aromatic rings. The molecule has 180 valence electrons. The van der Waals surface area contributed by atoms with E-state index in [1.165, 1.54) is 48.6 Å². The highest BCUT2D eigenvalue weighted by molar-refractivity contribution is 7.96. The number of sulfone groups is 1. The molecule has 0 spiro atoms. The van der Waals surface area contributed by atoms with Crippen LogP contribution in [-0.2, 0) is 29.9 Å². The Labute approximate surface area is 203 Å². The summed E-state index contributed by atoms with van der Waals surface area (Å²) in [6.07, 6.45) is 5.77. The Balaban J connectivity index is 1.80. The minimum Gasteiger partial charge on any atom is -0.222 e. The Kier molecular flexibility index (Phi) is 6.51. The van der Waals surface area contributed by atoms with E-state index < -0.39 is 34.9 Å². The Morgan fingerprint density at radius 2 is 1.74 bits per heavy atom. The zero-order valence-electron chi connectivity index (χ0n) is 17.9. The first-order valence-corrected chi connectivity index (χ1v) is 15.3. The summed E-state index contributed by atoms with van der Waals surface area (Å²) in [6.45, 7) is 0.128. The van der Waals surface area contributed by atoms with Gasteiger partial charge < -0.3 is 0 Å². The van der Waals surface area contributed by atoms with Crippen LogP contribution < -0.4 is 4.72 Å². The van der Waals surface area contributed by atoms with Crippen LogP contribution in [0.4, 0.5) is 0 Å². The molecule has 1 atom stereocenters. The molecule has 0 saturated heterocycles. The predicted octanol–water partition coefficient (Wildman–Crippen LogP) is 3.31. The molecule has 1 N–H and O–H groups in total. The molecule has 0 saturated carbocycles. The van der Waals surface area contributed by atoms with Crippen molar-refractivity contribution < 1.29 is 25.3 Å². The molecule has 8 nitrogen and oxygen atoms in total. The summed E-state index contributed by atoms with van der Waals surface area (Å²) in [5, 5.41) is 0.258. The molecule has 0 fully saturated rings. The number of para-hydroxylation sites is 1. The lowest BCUT2D eigenvalue weighted by atomic mass is 10.0. The van der Waals surface area contributed by atoms with E-state index >= 15 is 0 Å². The lowest BCUT2D eigenvalue weighted by molar-refractivity contribution is 0.566. The molecular weight excluding hydrogens is 520 g/mol. The van der Waals surface area contributed by atoms with Gasteiger partial charge in [0.1, 0.15) is 0 Å². The van der Waals surface area contributed by atoms with Crippen molar-refractivity contribution in [3.63, 3.8) is 0 Å². The van der Waals surface area contributed by atoms with Crippen LogP contribution in [0.25, 0.3) is 10.9 Å². The van der Waals surface area contributed by atoms with Gasteiger partial charge in [-0.05, 0) is 48.7 Å². The van der Waals surface area contributed by atoms with Gasteiger partial charge in [0.15, 0.2) is 5.03 Å². The van der Waals surface area contributed by atoms with E-state index in [9.17, 15) is 25.3 Å². The van der Waals surface area contributed by atoms with E-state index in [1.54, 1.807) is 24.3 Å². The summed E-state index contributed by atoms with van der Waals surface area (Å²) >= 11 is 6.00. The fourth-order valence-electron chi connectivity index (χ4n) is 3.65. The highest BCUT2D eigenvalue weighted by atomic mass is 35.5. The molecule has 0 amide bonds. The average molecular weight is 541 g/mol. The number of halogens is 1. The van der Waals surface area contributed by atoms with Crippen LogP contribution in [0.5, 0.6) is 0 Å². The zero-order chi connectivity index (χ0) is 24.7. The van der Waals surface area contributed by atoms with Crippen molar-refractivity contribution in [1.82, 2.24) is 8.69 Å². The third-order valence-corrected chi connectivity index (χ3v) is 9.86. The second-order valence-electron chi connectivity index (χ2n) is 7.85. The van der Waals surface area contributed by atoms with Gasteiger partial charge in [-0.1, -0.05) is 48.0 Å². The van der Waals surface area contributed by atoms with Crippen LogP contribution in [0, 0.1) is 5.92 Å². The molecule has 1 aliphatic rings. The Morgan fingerprint density at radius 1 is 1.00 bits per heavy atom. The minimum atomic E-state index is -4.31. The molecule has 12 heteroatoms. The lowest BCUT2D eigenvalue weighted by Crippen LogP contribution is -2.28. The van der Waals surface area contributed by atoms with Crippen molar-refractivity contribution in [1.29, 1.82) is 0 Å². The maximum atomic E-state index is 13.6. The van der Waals surface area contributed by atoms with Crippen LogP contribution in [-0.4, -0.2) is 42.0 Å². The molecular formula is C22H21ClN2O6S3. The fraction of sp³-hybridized carbons (Fsp3) is 0.182. The molecule has 1 unspecified atom stereocenters. The number of benzene rings is 2. The summed E-state index contributed by atoms with van der Waals surface area (Å²) in [5.74, 6) is -0.227. The van der Waals surface area contributed by atoms with Gasteiger partial charge in [-0.2, -0.15) is 0 Å². The SMILES string of the molecule is CS(=O)(=O)NCC1C=CC(S(=O)(=O)c2cc3ccccc3n2S(=O)(=O)c2cccc(Cl)c2)=CC1. The second kappa shape index (κ2) is 8.97. The zero-order valence-corrected chi connectivity index (χ0v) is 21.1. The molecule has 0 aliphatic heterocycles. The first kappa shape index (κ1) is 24.7. The third-order valence-electron chi connectivity index (χ3n) is 5.32. The lowest BCUT2D eigenvalue weighted by Gasteiger charge is -2.17. The van der Waals surface area contributed by atoms with Crippen molar-refractivity contribution >= 4 is 52.4 Å². The van der Waals surface area contributed by atoms with Gasteiger partial charge in [0.05, 0.1) is 21.6 Å². The number of hydrogen-bond acceptors (Lipinski definition) is 6. The minimum absolute atomic E-state index is 0.0616. The van der Waals surface area contributed by atoms with Gasteiger partial charge in [0, 0.05) is 17.0 Å². The van der Waals surface area contributed by atoms with Crippen LogP contribution in [0.1, 0.15) is 6.42 Å². The van der Waals surface area contributed by atoms with E-state index in [-0.39, 0.29) is 39.2 Å². The molecule has 1 heterocycles. The molecule has 2 aromatic carbocycles. The van der Waals surface area contributed by atoms with Gasteiger partial charge in [0.25, 0.3) is 10.0 Å². The van der Waals surface area contributed by atoms with Crippen LogP contribution >= 0.6 is 11.6 Å². The van der Waals surface area contributed by atoms with E-state index in [4.69, 9.17) is 11.6 Å². The van der Waals surface area contributed by atoms with Crippen molar-refractivity contribution in [2.75, 3.05) is 12.8 Å². The number of allylic oxidation sites excluding steroid dienone is 2. The number of hydrogen-bond donors (Lipinski definition) is 1. The molecule has 0 bridgehead atoms. The number of aromatic nitrogens is 1.